The van der Waals surface area contributed by atoms with Gasteiger partial charge in [-0.3, -0.25) is 4.90 Å². The lowest BCUT2D eigenvalue weighted by Crippen LogP contribution is -2.50. The van der Waals surface area contributed by atoms with Gasteiger partial charge in [-0.05, 0) is 86.2 Å². The molecule has 0 aromatic heterocycles. The Bertz CT molecular complexity index is 944. The van der Waals surface area contributed by atoms with Gasteiger partial charge in [0.2, 0.25) is 0 Å². The number of hydrogen-bond donors (Lipinski definition) is 1. The van der Waals surface area contributed by atoms with Crippen molar-refractivity contribution < 1.29 is 14.6 Å². The fraction of sp³-hybridized carbons (Fsp3) is 0.536. The molecule has 176 valence electrons. The van der Waals surface area contributed by atoms with Crippen molar-refractivity contribution in [2.24, 2.45) is 5.92 Å². The van der Waals surface area contributed by atoms with Crippen molar-refractivity contribution in [2.75, 3.05) is 33.4 Å². The number of methoxy groups -OCH3 is 1. The van der Waals surface area contributed by atoms with Crippen LogP contribution >= 0.6 is 0 Å². The minimum atomic E-state index is -0.744. The van der Waals surface area contributed by atoms with Crippen molar-refractivity contribution in [3.8, 4) is 11.1 Å². The van der Waals surface area contributed by atoms with Gasteiger partial charge in [0.25, 0.3) is 0 Å². The van der Waals surface area contributed by atoms with Crippen LogP contribution in [0.25, 0.3) is 11.1 Å². The molecule has 1 unspecified atom stereocenters. The maximum Gasteiger partial charge on any atom is 0.408 e. The van der Waals surface area contributed by atoms with Gasteiger partial charge in [-0.2, -0.15) is 0 Å². The molecule has 1 saturated carbocycles. The first-order valence-corrected chi connectivity index (χ1v) is 12.5. The number of hydrogen-bond acceptors (Lipinski definition) is 3. The zero-order valence-corrected chi connectivity index (χ0v) is 19.7. The van der Waals surface area contributed by atoms with E-state index in [1.807, 2.05) is 4.90 Å². The van der Waals surface area contributed by atoms with Crippen LogP contribution in [0, 0.1) is 5.92 Å². The lowest BCUT2D eigenvalue weighted by molar-refractivity contribution is 0.0614. The van der Waals surface area contributed by atoms with Gasteiger partial charge >= 0.3 is 6.09 Å². The van der Waals surface area contributed by atoms with Gasteiger partial charge in [-0.1, -0.05) is 48.5 Å². The molecule has 1 amide bonds. The molecule has 2 aromatic carbocycles. The highest BCUT2D eigenvalue weighted by Gasteiger charge is 2.55. The summed E-state index contributed by atoms with van der Waals surface area (Å²) in [6.07, 6.45) is 6.41. The van der Waals surface area contributed by atoms with Crippen LogP contribution in [0.3, 0.4) is 0 Å². The minimum Gasteiger partial charge on any atom is -0.465 e. The maximum absolute atomic E-state index is 12.6. The second-order valence-electron chi connectivity index (χ2n) is 10.1. The van der Waals surface area contributed by atoms with Gasteiger partial charge in [0.05, 0.1) is 5.54 Å². The molecule has 3 heterocycles. The fourth-order valence-electron chi connectivity index (χ4n) is 6.14. The van der Waals surface area contributed by atoms with Crippen LogP contribution < -0.4 is 0 Å². The third-order valence-electron chi connectivity index (χ3n) is 8.16. The number of nitrogens with zero attached hydrogens (tertiary/aromatic N) is 2. The summed E-state index contributed by atoms with van der Waals surface area (Å²) in [7, 11) is 1.74. The Morgan fingerprint density at radius 3 is 2.18 bits per heavy atom. The third-order valence-corrected chi connectivity index (χ3v) is 8.16. The number of carbonyl (C=O) groups is 1. The monoisotopic (exact) mass is 448 g/mol. The van der Waals surface area contributed by atoms with Crippen LogP contribution in [0.15, 0.2) is 48.5 Å². The Hall–Kier alpha value is -2.37. The summed E-state index contributed by atoms with van der Waals surface area (Å²) in [5.41, 5.74) is 4.53. The van der Waals surface area contributed by atoms with Crippen LogP contribution in [-0.4, -0.2) is 60.4 Å². The van der Waals surface area contributed by atoms with E-state index in [9.17, 15) is 9.90 Å². The molecule has 0 spiro atoms. The third kappa shape index (κ3) is 4.53. The summed E-state index contributed by atoms with van der Waals surface area (Å²) in [6.45, 7) is 4.07. The zero-order valence-electron chi connectivity index (χ0n) is 19.7. The largest absolute Gasteiger partial charge is 0.465 e. The number of fused-ring (bicyclic) bond motifs is 4. The molecule has 2 aromatic rings. The molecule has 4 fully saturated rings. The molecule has 5 heteroatoms. The first-order chi connectivity index (χ1) is 16.1. The normalized spacial score (nSPS) is 25.4. The van der Waals surface area contributed by atoms with Crippen LogP contribution in [-0.2, 0) is 16.7 Å². The minimum absolute atomic E-state index is 0.142. The standard InChI is InChI=1S/C28H36N2O3/c1-33-20-2-3-21-4-6-22(7-5-21)23-8-10-25(11-9-23)28(15-16-28)30(27(31)32)26-14-19-29-17-12-24(26)13-18-29/h4-11,24,26H,2-3,12-20H2,1H3,(H,31,32). The molecule has 1 atom stereocenters. The lowest BCUT2D eigenvalue weighted by Gasteiger charge is -2.40. The van der Waals surface area contributed by atoms with E-state index < -0.39 is 6.09 Å². The topological polar surface area (TPSA) is 53.0 Å². The van der Waals surface area contributed by atoms with Crippen molar-refractivity contribution in [1.29, 1.82) is 0 Å². The quantitative estimate of drug-likeness (QED) is 0.551. The van der Waals surface area contributed by atoms with Gasteiger partial charge in [0.1, 0.15) is 0 Å². The molecular weight excluding hydrogens is 412 g/mol. The molecule has 2 bridgehead atoms. The summed E-state index contributed by atoms with van der Waals surface area (Å²) in [5.74, 6) is 0.499. The second kappa shape index (κ2) is 9.47. The molecule has 1 aliphatic carbocycles. The Labute approximate surface area is 197 Å². The van der Waals surface area contributed by atoms with E-state index in [0.717, 1.165) is 76.8 Å². The molecule has 5 nitrogen and oxygen atoms in total. The van der Waals surface area contributed by atoms with Crippen molar-refractivity contribution in [2.45, 2.75) is 56.5 Å². The number of ether oxygens (including phenoxy) is 1. The predicted molar refractivity (Wildman–Crippen MR) is 130 cm³/mol. The van der Waals surface area contributed by atoms with Crippen molar-refractivity contribution in [1.82, 2.24) is 9.80 Å². The van der Waals surface area contributed by atoms with Crippen LogP contribution in [0.1, 0.15) is 49.7 Å². The smallest absolute Gasteiger partial charge is 0.408 e. The average Bonchev–Trinajstić information content (AvgIpc) is 3.68. The van der Waals surface area contributed by atoms with E-state index in [1.165, 1.54) is 16.7 Å². The number of amides is 1. The molecule has 6 rings (SSSR count). The fourth-order valence-corrected chi connectivity index (χ4v) is 6.14. The molecule has 33 heavy (non-hydrogen) atoms. The Kier molecular flexibility index (Phi) is 6.44. The molecule has 1 N–H and O–H groups in total. The molecule has 3 aliphatic heterocycles. The van der Waals surface area contributed by atoms with E-state index in [1.54, 1.807) is 7.11 Å². The highest BCUT2D eigenvalue weighted by atomic mass is 16.5. The average molecular weight is 449 g/mol. The first kappa shape index (κ1) is 22.4. The number of aryl methyl sites for hydroxylation is 1. The van der Waals surface area contributed by atoms with E-state index >= 15 is 0 Å². The molecular formula is C28H36N2O3. The second-order valence-corrected chi connectivity index (χ2v) is 10.1. The highest BCUT2D eigenvalue weighted by Crippen LogP contribution is 2.54. The van der Waals surface area contributed by atoms with E-state index in [4.69, 9.17) is 4.74 Å². The first-order valence-electron chi connectivity index (χ1n) is 12.5. The van der Waals surface area contributed by atoms with E-state index in [2.05, 4.69) is 53.4 Å². The lowest BCUT2D eigenvalue weighted by atomic mass is 9.87. The summed E-state index contributed by atoms with van der Waals surface area (Å²) < 4.78 is 5.15. The zero-order chi connectivity index (χ0) is 22.8. The Balaban J connectivity index is 1.34. The van der Waals surface area contributed by atoms with Gasteiger partial charge in [-0.25, -0.2) is 4.79 Å². The molecule has 0 radical (unpaired) electrons. The van der Waals surface area contributed by atoms with Crippen LogP contribution in [0.2, 0.25) is 0 Å². The highest BCUT2D eigenvalue weighted by molar-refractivity contribution is 5.69. The summed E-state index contributed by atoms with van der Waals surface area (Å²) >= 11 is 0. The molecule has 3 saturated heterocycles. The van der Waals surface area contributed by atoms with Crippen molar-refractivity contribution in [3.05, 3.63) is 59.7 Å². The number of piperidine rings is 1. The summed E-state index contributed by atoms with van der Waals surface area (Å²) in [6, 6.07) is 17.6. The maximum atomic E-state index is 12.6. The SMILES string of the molecule is COCCCc1ccc(-c2ccc(C3(N(C(=O)O)C4CCN5CCC4CC5)CC3)cc2)cc1. The summed E-state index contributed by atoms with van der Waals surface area (Å²) in [5, 5.41) is 10.3. The van der Waals surface area contributed by atoms with Gasteiger partial charge in [0.15, 0.2) is 0 Å². The summed E-state index contributed by atoms with van der Waals surface area (Å²) in [4.78, 5) is 16.9. The van der Waals surface area contributed by atoms with Crippen LogP contribution in [0.5, 0.6) is 0 Å². The van der Waals surface area contributed by atoms with E-state index in [-0.39, 0.29) is 11.6 Å². The van der Waals surface area contributed by atoms with Gasteiger partial charge in [0, 0.05) is 26.3 Å². The van der Waals surface area contributed by atoms with Crippen molar-refractivity contribution >= 4 is 6.09 Å². The van der Waals surface area contributed by atoms with Crippen LogP contribution in [0.4, 0.5) is 4.79 Å². The predicted octanol–water partition coefficient (Wildman–Crippen LogP) is 5.39. The van der Waals surface area contributed by atoms with E-state index in [0.29, 0.717) is 5.92 Å². The Morgan fingerprint density at radius 2 is 1.61 bits per heavy atom. The number of benzene rings is 2. The molecule has 4 aliphatic rings. The number of rotatable bonds is 8. The van der Waals surface area contributed by atoms with Crippen molar-refractivity contribution in [3.63, 3.8) is 0 Å². The number of carboxylic acid groups (broad SMARTS) is 1. The van der Waals surface area contributed by atoms with Gasteiger partial charge < -0.3 is 14.7 Å². The van der Waals surface area contributed by atoms with Gasteiger partial charge in [-0.15, -0.1) is 0 Å². The Morgan fingerprint density at radius 1 is 1.00 bits per heavy atom.